The van der Waals surface area contributed by atoms with Gasteiger partial charge in [0, 0.05) is 15.6 Å². The lowest BCUT2D eigenvalue weighted by molar-refractivity contribution is 0.302. The molecule has 1 N–H and O–H groups in total. The average Bonchev–Trinajstić information content (AvgIpc) is 3.61. The van der Waals surface area contributed by atoms with Crippen molar-refractivity contribution in [3.8, 4) is 39.7 Å². The van der Waals surface area contributed by atoms with Gasteiger partial charge in [-0.3, -0.25) is 0 Å². The third-order valence-electron chi connectivity index (χ3n) is 6.16. The molecule has 0 aliphatic rings. The lowest BCUT2D eigenvalue weighted by Crippen LogP contribution is -2.00. The number of hydrogen-bond donors (Lipinski definition) is 1. The van der Waals surface area contributed by atoms with Crippen LogP contribution in [0.2, 0.25) is 0 Å². The Morgan fingerprint density at radius 1 is 0.789 bits per heavy atom. The lowest BCUT2D eigenvalue weighted by atomic mass is 10.1. The monoisotopic (exact) mass is 561 g/mol. The number of aromatic amines is 1. The van der Waals surface area contributed by atoms with Crippen LogP contribution in [-0.2, 0) is 13.2 Å². The second-order valence-electron chi connectivity index (χ2n) is 8.86. The van der Waals surface area contributed by atoms with Gasteiger partial charge in [-0.05, 0) is 23.8 Å². The number of nitrogens with zero attached hydrogens (tertiary/aromatic N) is 4. The predicted octanol–water partition coefficient (Wildman–Crippen LogP) is 7.39. The van der Waals surface area contributed by atoms with Crippen molar-refractivity contribution in [3.05, 3.63) is 131 Å². The molecule has 4 aromatic carbocycles. The van der Waals surface area contributed by atoms with Crippen LogP contribution in [0.1, 0.15) is 11.3 Å². The van der Waals surface area contributed by atoms with Gasteiger partial charge in [-0.15, -0.1) is 5.10 Å². The Morgan fingerprint density at radius 2 is 1.47 bits per heavy atom. The molecule has 38 heavy (non-hydrogen) atoms. The highest BCUT2D eigenvalue weighted by Gasteiger charge is 2.18. The molecule has 7 heteroatoms. The van der Waals surface area contributed by atoms with Gasteiger partial charge in [0.1, 0.15) is 23.9 Å². The number of imidazole rings is 1. The van der Waals surface area contributed by atoms with Crippen molar-refractivity contribution in [1.29, 1.82) is 0 Å². The minimum Gasteiger partial charge on any atom is -0.486 e. The zero-order valence-electron chi connectivity index (χ0n) is 20.5. The van der Waals surface area contributed by atoms with Crippen molar-refractivity contribution in [1.82, 2.24) is 25.0 Å². The van der Waals surface area contributed by atoms with Gasteiger partial charge < -0.3 is 9.72 Å². The van der Waals surface area contributed by atoms with Crippen LogP contribution in [0, 0.1) is 0 Å². The van der Waals surface area contributed by atoms with Crippen LogP contribution in [0.3, 0.4) is 0 Å². The second kappa shape index (κ2) is 10.9. The fourth-order valence-electron chi connectivity index (χ4n) is 4.34. The minimum atomic E-state index is 0.293. The fraction of sp³-hybridized carbons (Fsp3) is 0.0645. The predicted molar refractivity (Wildman–Crippen MR) is 152 cm³/mol. The van der Waals surface area contributed by atoms with E-state index in [-0.39, 0.29) is 0 Å². The Kier molecular flexibility index (Phi) is 6.83. The van der Waals surface area contributed by atoms with Gasteiger partial charge in [-0.25, -0.2) is 9.67 Å². The normalized spacial score (nSPS) is 11.0. The first-order valence-electron chi connectivity index (χ1n) is 12.3. The summed E-state index contributed by atoms with van der Waals surface area (Å²) in [7, 11) is 0. The van der Waals surface area contributed by atoms with Crippen molar-refractivity contribution in [3.63, 3.8) is 0 Å². The molecule has 2 aromatic heterocycles. The molecule has 0 amide bonds. The summed E-state index contributed by atoms with van der Waals surface area (Å²) in [6, 6.07) is 36.6. The molecule has 6 aromatic rings. The number of ether oxygens (including phenoxy) is 1. The second-order valence-corrected chi connectivity index (χ2v) is 9.78. The van der Waals surface area contributed by atoms with Crippen LogP contribution in [0.25, 0.3) is 33.9 Å². The molecule has 6 rings (SSSR count). The summed E-state index contributed by atoms with van der Waals surface area (Å²) in [6.45, 7) is 0.954. The van der Waals surface area contributed by atoms with Gasteiger partial charge in [-0.2, -0.15) is 0 Å². The number of hydrogen-bond acceptors (Lipinski definition) is 4. The fourth-order valence-corrected chi connectivity index (χ4v) is 4.70. The lowest BCUT2D eigenvalue weighted by Gasteiger charge is -2.09. The zero-order chi connectivity index (χ0) is 25.7. The molecule has 0 bridgehead atoms. The van der Waals surface area contributed by atoms with Crippen LogP contribution in [0.5, 0.6) is 5.75 Å². The van der Waals surface area contributed by atoms with Crippen molar-refractivity contribution in [2.45, 2.75) is 13.2 Å². The maximum Gasteiger partial charge on any atom is 0.142 e. The molecular formula is C31H24BrN5O. The Balaban J connectivity index is 1.30. The molecule has 6 nitrogen and oxygen atoms in total. The smallest absolute Gasteiger partial charge is 0.142 e. The van der Waals surface area contributed by atoms with E-state index in [1.807, 2.05) is 83.7 Å². The SMILES string of the molecule is Brc1ccc(OCc2cn(Cc3ccccc3)nn2)c(-c2nc(-c3ccccc3)c(-c3ccccc3)[nH]2)c1. The van der Waals surface area contributed by atoms with E-state index in [2.05, 4.69) is 67.6 Å². The van der Waals surface area contributed by atoms with E-state index in [0.29, 0.717) is 18.9 Å². The van der Waals surface area contributed by atoms with Gasteiger partial charge in [0.2, 0.25) is 0 Å². The van der Waals surface area contributed by atoms with E-state index in [9.17, 15) is 0 Å². The van der Waals surface area contributed by atoms with Gasteiger partial charge in [0.25, 0.3) is 0 Å². The molecule has 0 fully saturated rings. The van der Waals surface area contributed by atoms with E-state index in [0.717, 1.165) is 44.1 Å². The first-order chi connectivity index (χ1) is 18.7. The van der Waals surface area contributed by atoms with Crippen LogP contribution in [0.15, 0.2) is 120 Å². The van der Waals surface area contributed by atoms with Gasteiger partial charge in [0.15, 0.2) is 0 Å². The van der Waals surface area contributed by atoms with Gasteiger partial charge in [-0.1, -0.05) is 112 Å². The third-order valence-corrected chi connectivity index (χ3v) is 6.65. The van der Waals surface area contributed by atoms with E-state index in [1.165, 1.54) is 5.56 Å². The van der Waals surface area contributed by atoms with Crippen molar-refractivity contribution in [2.24, 2.45) is 0 Å². The molecule has 0 spiro atoms. The number of nitrogens with one attached hydrogen (secondary N) is 1. The Hall–Kier alpha value is -4.49. The highest BCUT2D eigenvalue weighted by Crippen LogP contribution is 2.37. The summed E-state index contributed by atoms with van der Waals surface area (Å²) in [4.78, 5) is 8.61. The molecule has 0 atom stereocenters. The highest BCUT2D eigenvalue weighted by atomic mass is 79.9. The third kappa shape index (κ3) is 5.28. The van der Waals surface area contributed by atoms with Crippen LogP contribution in [-0.4, -0.2) is 25.0 Å². The molecule has 0 unspecified atom stereocenters. The Morgan fingerprint density at radius 3 is 2.21 bits per heavy atom. The largest absolute Gasteiger partial charge is 0.486 e. The molecule has 2 heterocycles. The number of H-pyrrole nitrogens is 1. The molecule has 0 aliphatic carbocycles. The maximum absolute atomic E-state index is 6.26. The van der Waals surface area contributed by atoms with Gasteiger partial charge in [0.05, 0.1) is 29.7 Å². The summed E-state index contributed by atoms with van der Waals surface area (Å²) in [5, 5.41) is 8.56. The summed E-state index contributed by atoms with van der Waals surface area (Å²) in [5.41, 5.74) is 6.74. The molecule has 0 aliphatic heterocycles. The Labute approximate surface area is 229 Å². The molecule has 0 saturated carbocycles. The van der Waals surface area contributed by atoms with E-state index < -0.39 is 0 Å². The summed E-state index contributed by atoms with van der Waals surface area (Å²) in [5.74, 6) is 1.44. The highest BCUT2D eigenvalue weighted by molar-refractivity contribution is 9.10. The van der Waals surface area contributed by atoms with E-state index in [1.54, 1.807) is 0 Å². The quantitative estimate of drug-likeness (QED) is 0.210. The summed E-state index contributed by atoms with van der Waals surface area (Å²) >= 11 is 3.62. The first-order valence-corrected chi connectivity index (χ1v) is 13.1. The Bertz CT molecular complexity index is 1590. The minimum absolute atomic E-state index is 0.293. The summed E-state index contributed by atoms with van der Waals surface area (Å²) < 4.78 is 9.02. The maximum atomic E-state index is 6.26. The first kappa shape index (κ1) is 23.9. The molecule has 186 valence electrons. The molecule has 0 saturated heterocycles. The number of halogens is 1. The van der Waals surface area contributed by atoms with E-state index >= 15 is 0 Å². The molecular weight excluding hydrogens is 538 g/mol. The zero-order valence-corrected chi connectivity index (χ0v) is 22.0. The topological polar surface area (TPSA) is 68.6 Å². The average molecular weight is 562 g/mol. The van der Waals surface area contributed by atoms with Gasteiger partial charge >= 0.3 is 0 Å². The summed E-state index contributed by atoms with van der Waals surface area (Å²) in [6.07, 6.45) is 1.92. The standard InChI is InChI=1S/C31H24BrN5O/c32-25-16-17-28(38-21-26-20-37(36-35-26)19-22-10-4-1-5-11-22)27(18-25)31-33-29(23-12-6-2-7-13-23)30(34-31)24-14-8-3-9-15-24/h1-18,20H,19,21H2,(H,33,34). The molecule has 0 radical (unpaired) electrons. The van der Waals surface area contributed by atoms with Crippen molar-refractivity contribution in [2.75, 3.05) is 0 Å². The van der Waals surface area contributed by atoms with Crippen LogP contribution < -0.4 is 4.74 Å². The van der Waals surface area contributed by atoms with E-state index in [4.69, 9.17) is 9.72 Å². The number of rotatable bonds is 8. The van der Waals surface area contributed by atoms with Crippen LogP contribution in [0.4, 0.5) is 0 Å². The van der Waals surface area contributed by atoms with Crippen LogP contribution >= 0.6 is 15.9 Å². The number of aromatic nitrogens is 5. The van der Waals surface area contributed by atoms with Crippen molar-refractivity contribution < 1.29 is 4.74 Å². The van der Waals surface area contributed by atoms with Crippen molar-refractivity contribution >= 4 is 15.9 Å². The number of benzene rings is 4.